The van der Waals surface area contributed by atoms with Crippen molar-refractivity contribution in [3.8, 4) is 11.5 Å². The van der Waals surface area contributed by atoms with Gasteiger partial charge in [-0.05, 0) is 42.2 Å². The maximum absolute atomic E-state index is 12.1. The van der Waals surface area contributed by atoms with Gasteiger partial charge < -0.3 is 19.3 Å². The van der Waals surface area contributed by atoms with Crippen molar-refractivity contribution in [2.45, 2.75) is 31.8 Å². The van der Waals surface area contributed by atoms with E-state index in [4.69, 9.17) is 19.3 Å². The van der Waals surface area contributed by atoms with E-state index < -0.39 is 18.0 Å². The maximum atomic E-state index is 12.1. The molecule has 178 valence electrons. The van der Waals surface area contributed by atoms with E-state index in [1.54, 1.807) is 7.11 Å². The molecule has 3 rings (SSSR count). The van der Waals surface area contributed by atoms with Gasteiger partial charge in [0.2, 0.25) is 0 Å². The first-order chi connectivity index (χ1) is 16.0. The highest BCUT2D eigenvalue weighted by molar-refractivity contribution is 5.76. The predicted molar refractivity (Wildman–Crippen MR) is 122 cm³/mol. The molecule has 0 radical (unpaired) electrons. The van der Waals surface area contributed by atoms with Gasteiger partial charge in [-0.2, -0.15) is 0 Å². The molecule has 9 heteroatoms. The monoisotopic (exact) mass is 457 g/mol. The molecule has 1 aliphatic heterocycles. The molecule has 1 fully saturated rings. The van der Waals surface area contributed by atoms with Gasteiger partial charge in [0, 0.05) is 6.54 Å². The number of carbonyl (C=O) groups excluding carboxylic acids is 1. The van der Waals surface area contributed by atoms with Crippen molar-refractivity contribution in [3.63, 3.8) is 0 Å². The van der Waals surface area contributed by atoms with E-state index in [0.717, 1.165) is 29.9 Å². The van der Waals surface area contributed by atoms with Crippen molar-refractivity contribution in [2.75, 3.05) is 33.6 Å². The predicted octanol–water partition coefficient (Wildman–Crippen LogP) is 1.96. The number of para-hydroxylation sites is 1. The van der Waals surface area contributed by atoms with Crippen LogP contribution in [0.15, 0.2) is 48.5 Å². The molecular weight excluding hydrogens is 426 g/mol. The molecular formula is C24H31N3O6. The number of aryl methyl sites for hydroxylation is 2. The number of hydrazine groups is 1. The zero-order valence-corrected chi connectivity index (χ0v) is 18.8. The van der Waals surface area contributed by atoms with Crippen LogP contribution in [0, 0.1) is 0 Å². The Bertz CT molecular complexity index is 917. The highest BCUT2D eigenvalue weighted by atomic mass is 16.6. The van der Waals surface area contributed by atoms with Crippen LogP contribution in [0.2, 0.25) is 0 Å². The summed E-state index contributed by atoms with van der Waals surface area (Å²) in [6.45, 7) is 1.86. The molecule has 0 bridgehead atoms. The molecule has 1 atom stereocenters. The Labute approximate surface area is 193 Å². The molecule has 0 saturated carbocycles. The summed E-state index contributed by atoms with van der Waals surface area (Å²) in [4.78, 5) is 24.9. The summed E-state index contributed by atoms with van der Waals surface area (Å²) in [7, 11) is 1.65. The molecule has 33 heavy (non-hydrogen) atoms. The Morgan fingerprint density at radius 1 is 1.06 bits per heavy atom. The molecule has 1 unspecified atom stereocenters. The van der Waals surface area contributed by atoms with Crippen LogP contribution in [0.25, 0.3) is 0 Å². The van der Waals surface area contributed by atoms with E-state index in [2.05, 4.69) is 16.9 Å². The Hall–Kier alpha value is -3.14. The van der Waals surface area contributed by atoms with E-state index in [0.29, 0.717) is 19.9 Å². The first-order valence-corrected chi connectivity index (χ1v) is 11.0. The number of hydrogen-bond donors (Lipinski definition) is 3. The van der Waals surface area contributed by atoms with Crippen molar-refractivity contribution in [2.24, 2.45) is 0 Å². The first kappa shape index (κ1) is 24.5. The van der Waals surface area contributed by atoms with Crippen LogP contribution in [-0.2, 0) is 27.2 Å². The summed E-state index contributed by atoms with van der Waals surface area (Å²) < 4.78 is 16.9. The summed E-state index contributed by atoms with van der Waals surface area (Å²) in [6.07, 6.45) is 0.661. The Balaban J connectivity index is 1.60. The molecule has 0 aliphatic carbocycles. The molecule has 9 nitrogen and oxygen atoms in total. The van der Waals surface area contributed by atoms with Gasteiger partial charge in [-0.15, -0.1) is 0 Å². The van der Waals surface area contributed by atoms with E-state index in [-0.39, 0.29) is 19.4 Å². The minimum atomic E-state index is -1.03. The summed E-state index contributed by atoms with van der Waals surface area (Å²) in [5.74, 6) is -0.00443. The van der Waals surface area contributed by atoms with Gasteiger partial charge in [-0.25, -0.2) is 10.9 Å². The fourth-order valence-electron chi connectivity index (χ4n) is 3.53. The smallest absolute Gasteiger partial charge is 0.306 e. The lowest BCUT2D eigenvalue weighted by atomic mass is 10.0. The third kappa shape index (κ3) is 8.38. The van der Waals surface area contributed by atoms with Gasteiger partial charge in [-0.3, -0.25) is 14.5 Å². The van der Waals surface area contributed by atoms with E-state index in [9.17, 15) is 9.59 Å². The summed E-state index contributed by atoms with van der Waals surface area (Å²) in [5.41, 5.74) is 8.23. The molecule has 0 aromatic heterocycles. The minimum Gasteiger partial charge on any atom is -0.497 e. The summed E-state index contributed by atoms with van der Waals surface area (Å²) in [5, 5.41) is 8.81. The van der Waals surface area contributed by atoms with Crippen molar-refractivity contribution in [3.05, 3.63) is 59.7 Å². The van der Waals surface area contributed by atoms with Gasteiger partial charge in [0.15, 0.2) is 0 Å². The second kappa shape index (κ2) is 12.8. The highest BCUT2D eigenvalue weighted by Gasteiger charge is 2.22. The van der Waals surface area contributed by atoms with Crippen LogP contribution in [0.4, 0.5) is 0 Å². The summed E-state index contributed by atoms with van der Waals surface area (Å²) in [6, 6.07) is 15.8. The molecule has 1 saturated heterocycles. The SMILES string of the molecule is COc1cccc(CCc2ccccc2OCC(CN2CNNC2)OC(=O)CCC(=O)O)c1. The van der Waals surface area contributed by atoms with Gasteiger partial charge in [0.05, 0.1) is 33.3 Å². The number of rotatable bonds is 13. The number of carboxylic acids is 1. The number of aliphatic carboxylic acids is 1. The average molecular weight is 458 g/mol. The van der Waals surface area contributed by atoms with E-state index >= 15 is 0 Å². The fraction of sp³-hybridized carbons (Fsp3) is 0.417. The van der Waals surface area contributed by atoms with Crippen molar-refractivity contribution >= 4 is 11.9 Å². The first-order valence-electron chi connectivity index (χ1n) is 11.0. The third-order valence-corrected chi connectivity index (χ3v) is 5.25. The molecule has 3 N–H and O–H groups in total. The number of carbonyl (C=O) groups is 2. The van der Waals surface area contributed by atoms with Crippen LogP contribution in [0.5, 0.6) is 11.5 Å². The van der Waals surface area contributed by atoms with Crippen LogP contribution in [0.3, 0.4) is 0 Å². The second-order valence-corrected chi connectivity index (χ2v) is 7.80. The third-order valence-electron chi connectivity index (χ3n) is 5.25. The Kier molecular flexibility index (Phi) is 9.49. The lowest BCUT2D eigenvalue weighted by Gasteiger charge is -2.23. The molecule has 1 heterocycles. The minimum absolute atomic E-state index is 0.167. The lowest BCUT2D eigenvalue weighted by molar-refractivity contribution is -0.154. The van der Waals surface area contributed by atoms with Crippen LogP contribution in [0.1, 0.15) is 24.0 Å². The average Bonchev–Trinajstić information content (AvgIpc) is 3.33. The number of nitrogens with zero attached hydrogens (tertiary/aromatic N) is 1. The molecule has 2 aromatic carbocycles. The second-order valence-electron chi connectivity index (χ2n) is 7.80. The van der Waals surface area contributed by atoms with Crippen LogP contribution >= 0.6 is 0 Å². The number of nitrogens with one attached hydrogen (secondary N) is 2. The number of hydrogen-bond acceptors (Lipinski definition) is 8. The zero-order valence-electron chi connectivity index (χ0n) is 18.8. The number of ether oxygens (including phenoxy) is 3. The van der Waals surface area contributed by atoms with Crippen LogP contribution in [-0.4, -0.2) is 61.6 Å². The van der Waals surface area contributed by atoms with Crippen molar-refractivity contribution in [1.29, 1.82) is 0 Å². The fourth-order valence-corrected chi connectivity index (χ4v) is 3.53. The van der Waals surface area contributed by atoms with Crippen LogP contribution < -0.4 is 20.3 Å². The van der Waals surface area contributed by atoms with E-state index in [1.807, 2.05) is 47.4 Å². The Morgan fingerprint density at radius 3 is 2.61 bits per heavy atom. The number of benzene rings is 2. The largest absolute Gasteiger partial charge is 0.497 e. The summed E-state index contributed by atoms with van der Waals surface area (Å²) >= 11 is 0. The van der Waals surface area contributed by atoms with Gasteiger partial charge in [0.25, 0.3) is 0 Å². The quantitative estimate of drug-likeness (QED) is 0.389. The van der Waals surface area contributed by atoms with E-state index in [1.165, 1.54) is 5.56 Å². The highest BCUT2D eigenvalue weighted by Crippen LogP contribution is 2.22. The normalized spacial score (nSPS) is 14.6. The molecule has 0 spiro atoms. The van der Waals surface area contributed by atoms with Crippen molar-refractivity contribution in [1.82, 2.24) is 15.8 Å². The molecule has 0 amide bonds. The van der Waals surface area contributed by atoms with Gasteiger partial charge in [-0.1, -0.05) is 30.3 Å². The number of carboxylic acid groups (broad SMARTS) is 1. The number of methoxy groups -OCH3 is 1. The lowest BCUT2D eigenvalue weighted by Crippen LogP contribution is -2.38. The zero-order chi connectivity index (χ0) is 23.5. The molecule has 1 aliphatic rings. The topological polar surface area (TPSA) is 109 Å². The standard InChI is InChI=1S/C24H31N3O6/c1-31-20-7-4-5-18(13-20)9-10-19-6-2-3-8-22(19)32-15-21(14-27-16-25-26-17-27)33-24(30)12-11-23(28)29/h2-8,13,21,25-26H,9-12,14-17H2,1H3,(H,28,29). The van der Waals surface area contributed by atoms with Gasteiger partial charge in [0.1, 0.15) is 24.2 Å². The maximum Gasteiger partial charge on any atom is 0.306 e. The number of esters is 1. The Morgan fingerprint density at radius 2 is 1.85 bits per heavy atom. The van der Waals surface area contributed by atoms with Gasteiger partial charge >= 0.3 is 11.9 Å². The van der Waals surface area contributed by atoms with Crippen molar-refractivity contribution < 1.29 is 28.9 Å². The molecule has 2 aromatic rings.